The van der Waals surface area contributed by atoms with E-state index >= 15 is 0 Å². The highest BCUT2D eigenvalue weighted by Crippen LogP contribution is 2.16. The molecule has 0 radical (unpaired) electrons. The van der Waals surface area contributed by atoms with Crippen LogP contribution < -0.4 is 0 Å². The van der Waals surface area contributed by atoms with Gasteiger partial charge in [0.1, 0.15) is 0 Å². The molecule has 110 valence electrons. The fraction of sp³-hybridized carbons (Fsp3) is 0.900. The largest absolute Gasteiger partial charge is 0.467 e. The van der Waals surface area contributed by atoms with Crippen LogP contribution in [0.3, 0.4) is 0 Å². The van der Waals surface area contributed by atoms with Gasteiger partial charge >= 0.3 is 5.97 Å². The van der Waals surface area contributed by atoms with Crippen molar-refractivity contribution in [3.05, 3.63) is 0 Å². The molecule has 0 aromatic heterocycles. The molecule has 0 bridgehead atoms. The first-order valence-electron chi connectivity index (χ1n) is 6.08. The van der Waals surface area contributed by atoms with Crippen LogP contribution >= 0.6 is 0 Å². The topological polar surface area (TPSA) is 85.4 Å². The summed E-state index contributed by atoms with van der Waals surface area (Å²) in [5.74, 6) is -0.554. The summed E-state index contributed by atoms with van der Waals surface area (Å²) in [7, 11) is -2.31. The summed E-state index contributed by atoms with van der Waals surface area (Å²) >= 11 is 0. The second-order valence-electron chi connectivity index (χ2n) is 4.26. The summed E-state index contributed by atoms with van der Waals surface area (Å²) < 4.78 is 42.3. The Bertz CT molecular complexity index is 420. The highest BCUT2D eigenvalue weighted by molar-refractivity contribution is 7.86. The lowest BCUT2D eigenvalue weighted by atomic mass is 10.3. The highest BCUT2D eigenvalue weighted by atomic mass is 32.2. The molecular formula is C10H18N2O6S. The zero-order valence-corrected chi connectivity index (χ0v) is 11.6. The number of methoxy groups -OCH3 is 1. The van der Waals surface area contributed by atoms with Gasteiger partial charge in [-0.3, -0.25) is 0 Å². The second kappa shape index (κ2) is 6.14. The average molecular weight is 294 g/mol. The SMILES string of the molecule is COC(=O)C1CN(S(=O)(=O)N2CCOCC2)CCO1. The predicted octanol–water partition coefficient (Wildman–Crippen LogP) is -1.56. The molecule has 0 N–H and O–H groups in total. The number of hydrogen-bond donors (Lipinski definition) is 0. The highest BCUT2D eigenvalue weighted by Gasteiger charge is 2.37. The molecule has 2 fully saturated rings. The molecule has 0 amide bonds. The summed E-state index contributed by atoms with van der Waals surface area (Å²) in [5, 5.41) is 0. The van der Waals surface area contributed by atoms with E-state index in [-0.39, 0.29) is 19.7 Å². The molecule has 0 saturated carbocycles. The van der Waals surface area contributed by atoms with Gasteiger partial charge in [0.15, 0.2) is 6.10 Å². The normalized spacial score (nSPS) is 27.1. The van der Waals surface area contributed by atoms with Crippen molar-refractivity contribution in [1.29, 1.82) is 0 Å². The monoisotopic (exact) mass is 294 g/mol. The van der Waals surface area contributed by atoms with Crippen LogP contribution in [0.2, 0.25) is 0 Å². The minimum absolute atomic E-state index is 0.00758. The summed E-state index contributed by atoms with van der Waals surface area (Å²) in [4.78, 5) is 11.4. The lowest BCUT2D eigenvalue weighted by molar-refractivity contribution is -0.157. The van der Waals surface area contributed by atoms with Gasteiger partial charge in [-0.05, 0) is 0 Å². The van der Waals surface area contributed by atoms with E-state index in [9.17, 15) is 13.2 Å². The fourth-order valence-corrected chi connectivity index (χ4v) is 3.62. The lowest BCUT2D eigenvalue weighted by Gasteiger charge is -2.35. The van der Waals surface area contributed by atoms with Crippen LogP contribution in [0.15, 0.2) is 0 Å². The van der Waals surface area contributed by atoms with Gasteiger partial charge in [-0.25, -0.2) is 4.79 Å². The van der Waals surface area contributed by atoms with Crippen molar-refractivity contribution in [2.45, 2.75) is 6.10 Å². The van der Waals surface area contributed by atoms with E-state index in [1.165, 1.54) is 15.7 Å². The smallest absolute Gasteiger partial charge is 0.336 e. The molecular weight excluding hydrogens is 276 g/mol. The van der Waals surface area contributed by atoms with Crippen molar-refractivity contribution in [3.8, 4) is 0 Å². The van der Waals surface area contributed by atoms with E-state index in [2.05, 4.69) is 4.74 Å². The van der Waals surface area contributed by atoms with Gasteiger partial charge in [0.25, 0.3) is 10.2 Å². The Balaban J connectivity index is 2.05. The first-order valence-corrected chi connectivity index (χ1v) is 7.48. The number of nitrogens with zero attached hydrogens (tertiary/aromatic N) is 2. The third-order valence-electron chi connectivity index (χ3n) is 3.12. The van der Waals surface area contributed by atoms with E-state index in [0.717, 1.165) is 0 Å². The van der Waals surface area contributed by atoms with Gasteiger partial charge in [-0.2, -0.15) is 17.0 Å². The molecule has 0 aliphatic carbocycles. The summed E-state index contributed by atoms with van der Waals surface area (Å²) in [5.41, 5.74) is 0. The number of morpholine rings is 2. The van der Waals surface area contributed by atoms with Gasteiger partial charge in [0.2, 0.25) is 0 Å². The first-order chi connectivity index (χ1) is 9.05. The third-order valence-corrected chi connectivity index (χ3v) is 5.12. The van der Waals surface area contributed by atoms with E-state index in [4.69, 9.17) is 9.47 Å². The standard InChI is InChI=1S/C10H18N2O6S/c1-16-10(13)9-8-12(4-7-18-9)19(14,15)11-2-5-17-6-3-11/h9H,2-8H2,1H3. The molecule has 2 aliphatic heterocycles. The maximum atomic E-state index is 12.4. The second-order valence-corrected chi connectivity index (χ2v) is 6.19. The van der Waals surface area contributed by atoms with E-state index < -0.39 is 22.3 Å². The van der Waals surface area contributed by atoms with E-state index in [1.807, 2.05) is 0 Å². The molecule has 0 aromatic rings. The first kappa shape index (κ1) is 14.7. The van der Waals surface area contributed by atoms with Crippen molar-refractivity contribution >= 4 is 16.2 Å². The van der Waals surface area contributed by atoms with Crippen LogP contribution in [0.5, 0.6) is 0 Å². The molecule has 8 nitrogen and oxygen atoms in total. The third kappa shape index (κ3) is 3.23. The fourth-order valence-electron chi connectivity index (χ4n) is 2.05. The minimum atomic E-state index is -3.56. The Morgan fingerprint density at radius 3 is 2.42 bits per heavy atom. The molecule has 0 spiro atoms. The van der Waals surface area contributed by atoms with Crippen molar-refractivity contribution in [3.63, 3.8) is 0 Å². The quantitative estimate of drug-likeness (QED) is 0.585. The Hall–Kier alpha value is -0.740. The number of carbonyl (C=O) groups is 1. The van der Waals surface area contributed by atoms with Crippen LogP contribution in [0.4, 0.5) is 0 Å². The van der Waals surface area contributed by atoms with Crippen LogP contribution in [-0.4, -0.2) is 82.2 Å². The van der Waals surface area contributed by atoms with Crippen molar-refractivity contribution < 1.29 is 27.4 Å². The number of esters is 1. The number of rotatable bonds is 3. The predicted molar refractivity (Wildman–Crippen MR) is 64.6 cm³/mol. The van der Waals surface area contributed by atoms with Gasteiger partial charge < -0.3 is 14.2 Å². The van der Waals surface area contributed by atoms with Crippen LogP contribution in [0.1, 0.15) is 0 Å². The van der Waals surface area contributed by atoms with Gasteiger partial charge in [0, 0.05) is 19.6 Å². The molecule has 2 aliphatic rings. The summed E-state index contributed by atoms with van der Waals surface area (Å²) in [6.45, 7) is 1.88. The molecule has 0 aromatic carbocycles. The Kier molecular flexibility index (Phi) is 4.74. The van der Waals surface area contributed by atoms with Gasteiger partial charge in [-0.15, -0.1) is 0 Å². The van der Waals surface area contributed by atoms with E-state index in [1.54, 1.807) is 0 Å². The average Bonchev–Trinajstić information content (AvgIpc) is 2.47. The Labute approximate surface area is 112 Å². The molecule has 2 rings (SSSR count). The molecule has 2 saturated heterocycles. The van der Waals surface area contributed by atoms with Gasteiger partial charge in [-0.1, -0.05) is 0 Å². The van der Waals surface area contributed by atoms with Crippen molar-refractivity contribution in [1.82, 2.24) is 8.61 Å². The minimum Gasteiger partial charge on any atom is -0.467 e. The van der Waals surface area contributed by atoms with Crippen LogP contribution in [-0.2, 0) is 29.2 Å². The molecule has 2 heterocycles. The lowest BCUT2D eigenvalue weighted by Crippen LogP contribution is -2.55. The molecule has 1 unspecified atom stereocenters. The van der Waals surface area contributed by atoms with Crippen molar-refractivity contribution in [2.24, 2.45) is 0 Å². The molecule has 1 atom stereocenters. The maximum absolute atomic E-state index is 12.4. The number of hydrogen-bond acceptors (Lipinski definition) is 6. The van der Waals surface area contributed by atoms with Gasteiger partial charge in [0.05, 0.1) is 33.5 Å². The summed E-state index contributed by atoms with van der Waals surface area (Å²) in [6.07, 6.45) is -0.852. The van der Waals surface area contributed by atoms with Crippen LogP contribution in [0.25, 0.3) is 0 Å². The zero-order chi connectivity index (χ0) is 13.9. The molecule has 19 heavy (non-hydrogen) atoms. The van der Waals surface area contributed by atoms with Crippen LogP contribution in [0, 0.1) is 0 Å². The number of ether oxygens (including phenoxy) is 3. The molecule has 9 heteroatoms. The number of carbonyl (C=O) groups excluding carboxylic acids is 1. The van der Waals surface area contributed by atoms with E-state index in [0.29, 0.717) is 26.3 Å². The Morgan fingerprint density at radius 2 is 1.79 bits per heavy atom. The summed E-state index contributed by atoms with van der Waals surface area (Å²) in [6, 6.07) is 0. The van der Waals surface area contributed by atoms with Crippen molar-refractivity contribution in [2.75, 3.05) is 53.1 Å². The zero-order valence-electron chi connectivity index (χ0n) is 10.8. The maximum Gasteiger partial charge on any atom is 0.336 e. The Morgan fingerprint density at radius 1 is 1.16 bits per heavy atom.